The number of amides is 2. The SMILES string of the molecule is Cc1nnc(NC(=O)CNC(=O)Cc2nc3ccc(-c4ccccc4)cc3s2)o1. The van der Waals surface area contributed by atoms with E-state index < -0.39 is 5.91 Å². The zero-order valence-electron chi connectivity index (χ0n) is 15.5. The van der Waals surface area contributed by atoms with Crippen molar-refractivity contribution in [2.24, 2.45) is 0 Å². The number of anilines is 1. The third-order valence-corrected chi connectivity index (χ3v) is 5.09. The molecule has 0 unspecified atom stereocenters. The molecule has 29 heavy (non-hydrogen) atoms. The minimum absolute atomic E-state index is 0.00198. The van der Waals surface area contributed by atoms with Gasteiger partial charge in [-0.2, -0.15) is 0 Å². The van der Waals surface area contributed by atoms with Crippen LogP contribution in [0.3, 0.4) is 0 Å². The zero-order valence-corrected chi connectivity index (χ0v) is 16.3. The van der Waals surface area contributed by atoms with Crippen molar-refractivity contribution in [1.82, 2.24) is 20.5 Å². The molecule has 4 rings (SSSR count). The first-order valence-corrected chi connectivity index (χ1v) is 9.70. The Kier molecular flexibility index (Phi) is 5.30. The second kappa shape index (κ2) is 8.19. The van der Waals surface area contributed by atoms with E-state index in [1.165, 1.54) is 11.3 Å². The van der Waals surface area contributed by atoms with E-state index in [0.717, 1.165) is 21.3 Å². The normalized spacial score (nSPS) is 10.8. The fraction of sp³-hybridized carbons (Fsp3) is 0.150. The molecule has 0 atom stereocenters. The molecular weight excluding hydrogens is 390 g/mol. The average Bonchev–Trinajstić information content (AvgIpc) is 3.31. The lowest BCUT2D eigenvalue weighted by molar-refractivity contribution is -0.123. The van der Waals surface area contributed by atoms with Crippen LogP contribution in [0.2, 0.25) is 0 Å². The van der Waals surface area contributed by atoms with E-state index in [-0.39, 0.29) is 24.9 Å². The minimum atomic E-state index is -0.446. The Morgan fingerprint density at radius 1 is 1.03 bits per heavy atom. The van der Waals surface area contributed by atoms with Crippen LogP contribution >= 0.6 is 11.3 Å². The van der Waals surface area contributed by atoms with Crippen LogP contribution in [0.15, 0.2) is 52.9 Å². The summed E-state index contributed by atoms with van der Waals surface area (Å²) in [6, 6.07) is 16.1. The Bertz CT molecular complexity index is 1170. The number of fused-ring (bicyclic) bond motifs is 1. The van der Waals surface area contributed by atoms with Crippen LogP contribution in [0, 0.1) is 6.92 Å². The van der Waals surface area contributed by atoms with Gasteiger partial charge in [-0.25, -0.2) is 4.98 Å². The molecule has 2 aromatic heterocycles. The van der Waals surface area contributed by atoms with Crippen molar-refractivity contribution < 1.29 is 14.0 Å². The quantitative estimate of drug-likeness (QED) is 0.508. The van der Waals surface area contributed by atoms with Gasteiger partial charge < -0.3 is 9.73 Å². The lowest BCUT2D eigenvalue weighted by Gasteiger charge is -2.03. The summed E-state index contributed by atoms with van der Waals surface area (Å²) in [4.78, 5) is 28.5. The van der Waals surface area contributed by atoms with Gasteiger partial charge in [-0.3, -0.25) is 14.9 Å². The van der Waals surface area contributed by atoms with E-state index in [1.807, 2.05) is 30.3 Å². The molecule has 2 heterocycles. The van der Waals surface area contributed by atoms with Gasteiger partial charge in [-0.05, 0) is 23.3 Å². The molecule has 0 aliphatic heterocycles. The van der Waals surface area contributed by atoms with Gasteiger partial charge in [0, 0.05) is 6.92 Å². The predicted octanol–water partition coefficient (Wildman–Crippen LogP) is 2.95. The van der Waals surface area contributed by atoms with E-state index in [9.17, 15) is 9.59 Å². The third-order valence-electron chi connectivity index (χ3n) is 4.07. The highest BCUT2D eigenvalue weighted by molar-refractivity contribution is 7.18. The van der Waals surface area contributed by atoms with Gasteiger partial charge >= 0.3 is 6.01 Å². The van der Waals surface area contributed by atoms with Crippen molar-refractivity contribution in [3.63, 3.8) is 0 Å². The van der Waals surface area contributed by atoms with E-state index >= 15 is 0 Å². The molecule has 0 saturated heterocycles. The van der Waals surface area contributed by atoms with Gasteiger partial charge in [0.05, 0.1) is 23.2 Å². The summed E-state index contributed by atoms with van der Waals surface area (Å²) in [5, 5.41) is 12.9. The molecular formula is C20H17N5O3S. The summed E-state index contributed by atoms with van der Waals surface area (Å²) in [5.41, 5.74) is 3.08. The second-order valence-corrected chi connectivity index (χ2v) is 7.40. The summed E-state index contributed by atoms with van der Waals surface area (Å²) < 4.78 is 6.07. The Balaban J connectivity index is 1.36. The van der Waals surface area contributed by atoms with Gasteiger partial charge in [0.25, 0.3) is 0 Å². The molecule has 0 spiro atoms. The number of aromatic nitrogens is 3. The number of benzene rings is 2. The van der Waals surface area contributed by atoms with Crippen molar-refractivity contribution >= 4 is 39.4 Å². The van der Waals surface area contributed by atoms with Crippen LogP contribution in [0.4, 0.5) is 6.01 Å². The fourth-order valence-corrected chi connectivity index (χ4v) is 3.75. The second-order valence-electron chi connectivity index (χ2n) is 6.28. The number of nitrogens with zero attached hydrogens (tertiary/aromatic N) is 3. The number of hydrogen-bond donors (Lipinski definition) is 2. The van der Waals surface area contributed by atoms with Gasteiger partial charge in [-0.1, -0.05) is 41.5 Å². The summed E-state index contributed by atoms with van der Waals surface area (Å²) in [6.07, 6.45) is 0.104. The molecule has 2 N–H and O–H groups in total. The predicted molar refractivity (Wildman–Crippen MR) is 109 cm³/mol. The van der Waals surface area contributed by atoms with Crippen LogP contribution in [-0.4, -0.2) is 33.5 Å². The van der Waals surface area contributed by atoms with Gasteiger partial charge in [0.2, 0.25) is 17.7 Å². The molecule has 9 heteroatoms. The van der Waals surface area contributed by atoms with Crippen molar-refractivity contribution in [2.75, 3.05) is 11.9 Å². The summed E-state index contributed by atoms with van der Waals surface area (Å²) >= 11 is 1.47. The average molecular weight is 407 g/mol. The standard InChI is InChI=1S/C20H17N5O3S/c1-12-24-25-20(28-12)23-18(27)11-21-17(26)10-19-22-15-8-7-14(9-16(15)29-19)13-5-3-2-4-6-13/h2-9H,10-11H2,1H3,(H,21,26)(H,23,25,27). The largest absolute Gasteiger partial charge is 0.408 e. The summed E-state index contributed by atoms with van der Waals surface area (Å²) in [5.74, 6) is -0.390. The highest BCUT2D eigenvalue weighted by Crippen LogP contribution is 2.28. The molecule has 0 fully saturated rings. The number of aryl methyl sites for hydroxylation is 1. The van der Waals surface area contributed by atoms with Crippen molar-refractivity contribution in [1.29, 1.82) is 0 Å². The maximum Gasteiger partial charge on any atom is 0.322 e. The van der Waals surface area contributed by atoms with Gasteiger partial charge in [-0.15, -0.1) is 16.4 Å². The number of nitrogens with one attached hydrogen (secondary N) is 2. The molecule has 2 amide bonds. The molecule has 8 nitrogen and oxygen atoms in total. The number of carbonyl (C=O) groups excluding carboxylic acids is 2. The van der Waals surface area contributed by atoms with Crippen LogP contribution in [0.25, 0.3) is 21.3 Å². The Labute approximate surface area is 170 Å². The number of thiazole rings is 1. The van der Waals surface area contributed by atoms with Crippen LogP contribution in [0.1, 0.15) is 10.9 Å². The lowest BCUT2D eigenvalue weighted by atomic mass is 10.1. The fourth-order valence-electron chi connectivity index (χ4n) is 2.75. The van der Waals surface area contributed by atoms with Gasteiger partial charge in [0.1, 0.15) is 5.01 Å². The first-order chi connectivity index (χ1) is 14.1. The summed E-state index contributed by atoms with van der Waals surface area (Å²) in [6.45, 7) is 1.43. The first kappa shape index (κ1) is 18.8. The highest BCUT2D eigenvalue weighted by Gasteiger charge is 2.12. The van der Waals surface area contributed by atoms with E-state index in [0.29, 0.717) is 10.9 Å². The third kappa shape index (κ3) is 4.64. The summed E-state index contributed by atoms with van der Waals surface area (Å²) in [7, 11) is 0. The molecule has 0 aliphatic carbocycles. The monoisotopic (exact) mass is 407 g/mol. The number of carbonyl (C=O) groups is 2. The molecule has 0 bridgehead atoms. The molecule has 2 aromatic carbocycles. The topological polar surface area (TPSA) is 110 Å². The Morgan fingerprint density at radius 2 is 1.86 bits per heavy atom. The van der Waals surface area contributed by atoms with Crippen LogP contribution in [0.5, 0.6) is 0 Å². The molecule has 0 radical (unpaired) electrons. The van der Waals surface area contributed by atoms with Crippen molar-refractivity contribution in [3.05, 3.63) is 59.4 Å². The van der Waals surface area contributed by atoms with E-state index in [1.54, 1.807) is 6.92 Å². The van der Waals surface area contributed by atoms with Crippen molar-refractivity contribution in [2.45, 2.75) is 13.3 Å². The lowest BCUT2D eigenvalue weighted by Crippen LogP contribution is -2.33. The molecule has 146 valence electrons. The maximum absolute atomic E-state index is 12.2. The number of hydrogen-bond acceptors (Lipinski definition) is 7. The maximum atomic E-state index is 12.2. The molecule has 4 aromatic rings. The van der Waals surface area contributed by atoms with Crippen LogP contribution < -0.4 is 10.6 Å². The van der Waals surface area contributed by atoms with Gasteiger partial charge in [0.15, 0.2) is 0 Å². The Morgan fingerprint density at radius 3 is 2.62 bits per heavy atom. The zero-order chi connectivity index (χ0) is 20.2. The highest BCUT2D eigenvalue weighted by atomic mass is 32.1. The molecule has 0 aliphatic rings. The first-order valence-electron chi connectivity index (χ1n) is 8.88. The van der Waals surface area contributed by atoms with E-state index in [2.05, 4.69) is 44.0 Å². The smallest absolute Gasteiger partial charge is 0.322 e. The van der Waals surface area contributed by atoms with E-state index in [4.69, 9.17) is 4.42 Å². The van der Waals surface area contributed by atoms with Crippen molar-refractivity contribution in [3.8, 4) is 11.1 Å². The van der Waals surface area contributed by atoms with Crippen LogP contribution in [-0.2, 0) is 16.0 Å². The minimum Gasteiger partial charge on any atom is -0.408 e. The molecule has 0 saturated carbocycles. The number of rotatable bonds is 6. The Hall–Kier alpha value is -3.59.